The summed E-state index contributed by atoms with van der Waals surface area (Å²) in [6.07, 6.45) is 0.478. The highest BCUT2D eigenvalue weighted by molar-refractivity contribution is 7.16. The van der Waals surface area contributed by atoms with E-state index in [1.165, 1.54) is 4.88 Å². The molecule has 0 spiro atoms. The second-order valence-electron chi connectivity index (χ2n) is 4.04. The van der Waals surface area contributed by atoms with E-state index in [9.17, 15) is 4.79 Å². The summed E-state index contributed by atoms with van der Waals surface area (Å²) >= 11 is 7.44. The summed E-state index contributed by atoms with van der Waals surface area (Å²) in [5, 5.41) is 6.14. The second kappa shape index (κ2) is 6.59. The zero-order chi connectivity index (χ0) is 13.7. The number of benzene rings is 1. The van der Waals surface area contributed by atoms with Gasteiger partial charge in [-0.2, -0.15) is 0 Å². The number of carbonyl (C=O) groups excluding carboxylic acids is 1. The Bertz CT molecular complexity index is 568. The van der Waals surface area contributed by atoms with Crippen molar-refractivity contribution in [3.8, 4) is 0 Å². The third-order valence-corrected chi connectivity index (χ3v) is 3.79. The molecule has 2 N–H and O–H groups in total. The number of thiophene rings is 1. The van der Waals surface area contributed by atoms with E-state index in [4.69, 9.17) is 11.6 Å². The van der Waals surface area contributed by atoms with Crippen molar-refractivity contribution in [3.05, 3.63) is 45.6 Å². The molecule has 19 heavy (non-hydrogen) atoms. The number of anilines is 2. The van der Waals surface area contributed by atoms with Crippen LogP contribution in [0.25, 0.3) is 0 Å². The van der Waals surface area contributed by atoms with Crippen molar-refractivity contribution in [1.29, 1.82) is 0 Å². The molecule has 0 aliphatic heterocycles. The summed E-state index contributed by atoms with van der Waals surface area (Å²) in [5.74, 6) is 0.0159. The van der Waals surface area contributed by atoms with E-state index in [0.717, 1.165) is 22.3 Å². The fourth-order valence-electron chi connectivity index (χ4n) is 1.59. The van der Waals surface area contributed by atoms with Crippen LogP contribution in [0.1, 0.15) is 18.2 Å². The van der Waals surface area contributed by atoms with Crippen molar-refractivity contribution in [1.82, 2.24) is 0 Å². The van der Waals surface area contributed by atoms with Gasteiger partial charge in [0.2, 0.25) is 5.91 Å². The Morgan fingerprint density at radius 1 is 1.26 bits per heavy atom. The molecule has 100 valence electrons. The van der Waals surface area contributed by atoms with E-state index in [2.05, 4.69) is 10.6 Å². The van der Waals surface area contributed by atoms with E-state index in [-0.39, 0.29) is 5.91 Å². The molecule has 1 aromatic carbocycles. The highest BCUT2D eigenvalue weighted by Gasteiger charge is 2.01. The third-order valence-electron chi connectivity index (χ3n) is 2.56. The lowest BCUT2D eigenvalue weighted by molar-refractivity contribution is -0.115. The Labute approximate surface area is 121 Å². The number of rotatable bonds is 5. The quantitative estimate of drug-likeness (QED) is 0.860. The zero-order valence-corrected chi connectivity index (χ0v) is 12.1. The molecule has 2 aromatic rings. The van der Waals surface area contributed by atoms with Gasteiger partial charge in [0.15, 0.2) is 0 Å². The van der Waals surface area contributed by atoms with E-state index >= 15 is 0 Å². The van der Waals surface area contributed by atoms with Gasteiger partial charge in [-0.1, -0.05) is 24.6 Å². The maximum Gasteiger partial charge on any atom is 0.224 e. The Hall–Kier alpha value is -1.52. The first-order valence-corrected chi connectivity index (χ1v) is 7.25. The molecule has 1 heterocycles. The van der Waals surface area contributed by atoms with Crippen LogP contribution in [-0.2, 0) is 11.3 Å². The lowest BCUT2D eigenvalue weighted by Gasteiger charge is -2.08. The first-order chi connectivity index (χ1) is 9.17. The molecular formula is C14H15ClN2OS. The summed E-state index contributed by atoms with van der Waals surface area (Å²) in [7, 11) is 0. The average Bonchev–Trinajstić information content (AvgIpc) is 2.82. The molecule has 0 aliphatic rings. The average molecular weight is 295 g/mol. The van der Waals surface area contributed by atoms with Gasteiger partial charge in [-0.25, -0.2) is 0 Å². The summed E-state index contributed by atoms with van der Waals surface area (Å²) in [4.78, 5) is 12.5. The summed E-state index contributed by atoms with van der Waals surface area (Å²) in [6.45, 7) is 2.56. The van der Waals surface area contributed by atoms with Crippen molar-refractivity contribution in [2.45, 2.75) is 19.9 Å². The Kier molecular flexibility index (Phi) is 4.82. The van der Waals surface area contributed by atoms with Crippen molar-refractivity contribution < 1.29 is 4.79 Å². The normalized spacial score (nSPS) is 10.2. The van der Waals surface area contributed by atoms with Crippen LogP contribution in [0.3, 0.4) is 0 Å². The monoisotopic (exact) mass is 294 g/mol. The van der Waals surface area contributed by atoms with Gasteiger partial charge < -0.3 is 10.6 Å². The highest BCUT2D eigenvalue weighted by atomic mass is 35.5. The maximum atomic E-state index is 11.3. The van der Waals surface area contributed by atoms with E-state index < -0.39 is 0 Å². The molecule has 2 rings (SSSR count). The van der Waals surface area contributed by atoms with Gasteiger partial charge >= 0.3 is 0 Å². The minimum absolute atomic E-state index is 0.0159. The van der Waals surface area contributed by atoms with Gasteiger partial charge in [0.25, 0.3) is 0 Å². The van der Waals surface area contributed by atoms with Crippen LogP contribution in [0, 0.1) is 0 Å². The largest absolute Gasteiger partial charge is 0.380 e. The topological polar surface area (TPSA) is 41.1 Å². The lowest BCUT2D eigenvalue weighted by atomic mass is 10.2. The molecule has 0 atom stereocenters. The molecule has 0 unspecified atom stereocenters. The van der Waals surface area contributed by atoms with E-state index in [1.54, 1.807) is 11.3 Å². The third kappa shape index (κ3) is 4.26. The van der Waals surface area contributed by atoms with Crippen LogP contribution in [-0.4, -0.2) is 5.91 Å². The second-order valence-corrected chi connectivity index (χ2v) is 5.84. The number of hydrogen-bond donors (Lipinski definition) is 2. The van der Waals surface area contributed by atoms with Gasteiger partial charge in [-0.3, -0.25) is 4.79 Å². The van der Waals surface area contributed by atoms with Crippen molar-refractivity contribution >= 4 is 40.2 Å². The number of nitrogens with one attached hydrogen (secondary N) is 2. The van der Waals surface area contributed by atoms with Crippen LogP contribution in [0.4, 0.5) is 11.4 Å². The molecule has 0 saturated heterocycles. The van der Waals surface area contributed by atoms with Crippen LogP contribution >= 0.6 is 22.9 Å². The fourth-order valence-corrected chi connectivity index (χ4v) is 2.62. The molecule has 1 amide bonds. The predicted octanol–water partition coefficient (Wildman–Crippen LogP) is 4.36. The van der Waals surface area contributed by atoms with Crippen LogP contribution in [0.5, 0.6) is 0 Å². The van der Waals surface area contributed by atoms with Crippen molar-refractivity contribution in [2.75, 3.05) is 10.6 Å². The molecule has 0 saturated carbocycles. The first kappa shape index (κ1) is 13.9. The first-order valence-electron chi connectivity index (χ1n) is 6.05. The SMILES string of the molecule is CCC(=O)Nc1cccc(NCc2ccc(Cl)s2)c1. The van der Waals surface area contributed by atoms with Gasteiger partial charge in [0.05, 0.1) is 4.34 Å². The molecule has 0 aliphatic carbocycles. The van der Waals surface area contributed by atoms with Crippen LogP contribution < -0.4 is 10.6 Å². The van der Waals surface area contributed by atoms with Crippen molar-refractivity contribution in [2.24, 2.45) is 0 Å². The number of hydrogen-bond acceptors (Lipinski definition) is 3. The molecule has 1 aromatic heterocycles. The Morgan fingerprint density at radius 2 is 2.05 bits per heavy atom. The predicted molar refractivity (Wildman–Crippen MR) is 82.0 cm³/mol. The van der Waals surface area contributed by atoms with Gasteiger partial charge in [0.1, 0.15) is 0 Å². The molecule has 0 radical (unpaired) electrons. The molecule has 3 nitrogen and oxygen atoms in total. The number of amides is 1. The number of carbonyl (C=O) groups is 1. The molecule has 0 fully saturated rings. The number of halogens is 1. The van der Waals surface area contributed by atoms with E-state index in [0.29, 0.717) is 6.42 Å². The smallest absolute Gasteiger partial charge is 0.224 e. The van der Waals surface area contributed by atoms with Gasteiger partial charge in [0, 0.05) is 29.2 Å². The maximum absolute atomic E-state index is 11.3. The minimum atomic E-state index is 0.0159. The van der Waals surface area contributed by atoms with E-state index in [1.807, 2.05) is 43.3 Å². The lowest BCUT2D eigenvalue weighted by Crippen LogP contribution is -2.09. The Morgan fingerprint density at radius 3 is 2.74 bits per heavy atom. The summed E-state index contributed by atoms with van der Waals surface area (Å²) < 4.78 is 0.792. The molecule has 5 heteroatoms. The fraction of sp³-hybridized carbons (Fsp3) is 0.214. The van der Waals surface area contributed by atoms with Gasteiger partial charge in [-0.15, -0.1) is 11.3 Å². The molecular weight excluding hydrogens is 280 g/mol. The summed E-state index contributed by atoms with van der Waals surface area (Å²) in [5.41, 5.74) is 1.78. The van der Waals surface area contributed by atoms with Crippen molar-refractivity contribution in [3.63, 3.8) is 0 Å². The Balaban J connectivity index is 1.97. The highest BCUT2D eigenvalue weighted by Crippen LogP contribution is 2.23. The van der Waals surface area contributed by atoms with Gasteiger partial charge in [-0.05, 0) is 30.3 Å². The standard InChI is InChI=1S/C14H15ClN2OS/c1-2-14(18)17-11-5-3-4-10(8-11)16-9-12-6-7-13(15)19-12/h3-8,16H,2,9H2,1H3,(H,17,18). The van der Waals surface area contributed by atoms with Crippen LogP contribution in [0.15, 0.2) is 36.4 Å². The zero-order valence-electron chi connectivity index (χ0n) is 10.6. The minimum Gasteiger partial charge on any atom is -0.380 e. The summed E-state index contributed by atoms with van der Waals surface area (Å²) in [6, 6.07) is 11.6. The van der Waals surface area contributed by atoms with Crippen LogP contribution in [0.2, 0.25) is 4.34 Å². The molecule has 0 bridgehead atoms.